The summed E-state index contributed by atoms with van der Waals surface area (Å²) >= 11 is 0. The van der Waals surface area contributed by atoms with E-state index in [0.717, 1.165) is 27.7 Å². The third kappa shape index (κ3) is 4.10. The molecule has 8 nitrogen and oxygen atoms in total. The number of amides is 3. The molecule has 2 aromatic carbocycles. The molecule has 3 aromatic rings. The average Bonchev–Trinajstić information content (AvgIpc) is 3.29. The molecule has 1 N–H and O–H groups in total. The molecular formula is C28H32N4O4. The van der Waals surface area contributed by atoms with Crippen molar-refractivity contribution in [3.8, 4) is 0 Å². The van der Waals surface area contributed by atoms with Crippen LogP contribution in [0.5, 0.6) is 0 Å². The summed E-state index contributed by atoms with van der Waals surface area (Å²) in [7, 11) is 2.03. The highest BCUT2D eigenvalue weighted by molar-refractivity contribution is 6.02. The Balaban J connectivity index is 1.38. The maximum Gasteiger partial charge on any atom is 0.409 e. The van der Waals surface area contributed by atoms with Crippen LogP contribution >= 0.6 is 0 Å². The van der Waals surface area contributed by atoms with Gasteiger partial charge in [0, 0.05) is 53.9 Å². The highest BCUT2D eigenvalue weighted by atomic mass is 16.6. The van der Waals surface area contributed by atoms with Crippen molar-refractivity contribution >= 4 is 28.8 Å². The lowest BCUT2D eigenvalue weighted by atomic mass is 9.95. The van der Waals surface area contributed by atoms with Crippen LogP contribution in [0.1, 0.15) is 53.0 Å². The van der Waals surface area contributed by atoms with Crippen molar-refractivity contribution in [3.05, 3.63) is 70.9 Å². The highest BCUT2D eigenvalue weighted by Gasteiger charge is 2.41. The van der Waals surface area contributed by atoms with E-state index < -0.39 is 0 Å². The zero-order valence-corrected chi connectivity index (χ0v) is 21.0. The lowest BCUT2D eigenvalue weighted by molar-refractivity contribution is -0.123. The van der Waals surface area contributed by atoms with Crippen molar-refractivity contribution in [2.75, 3.05) is 26.2 Å². The molecule has 36 heavy (non-hydrogen) atoms. The highest BCUT2D eigenvalue weighted by Crippen LogP contribution is 2.43. The van der Waals surface area contributed by atoms with Crippen LogP contribution in [0.4, 0.5) is 4.79 Å². The van der Waals surface area contributed by atoms with Crippen molar-refractivity contribution in [2.24, 2.45) is 7.05 Å². The Hall–Kier alpha value is -3.81. The Morgan fingerprint density at radius 2 is 1.75 bits per heavy atom. The molecule has 0 unspecified atom stereocenters. The third-order valence-corrected chi connectivity index (χ3v) is 7.48. The van der Waals surface area contributed by atoms with Gasteiger partial charge in [-0.15, -0.1) is 0 Å². The molecule has 1 fully saturated rings. The molecule has 0 bridgehead atoms. The second-order valence-electron chi connectivity index (χ2n) is 9.53. The van der Waals surface area contributed by atoms with Gasteiger partial charge in [-0.2, -0.15) is 0 Å². The number of nitrogens with zero attached hydrogens (tertiary/aromatic N) is 3. The van der Waals surface area contributed by atoms with Crippen molar-refractivity contribution in [1.82, 2.24) is 19.7 Å². The van der Waals surface area contributed by atoms with Gasteiger partial charge in [-0.3, -0.25) is 9.59 Å². The SMILES string of the molecule is CCOC(=O)N1CCC(NC(=O)CN2C(=O)c3ccccc3[C@@H]2c2c(C)n(C)c3ccccc23)CC1. The van der Waals surface area contributed by atoms with E-state index in [0.29, 0.717) is 38.1 Å². The lowest BCUT2D eigenvalue weighted by Gasteiger charge is -2.32. The molecule has 0 aliphatic carbocycles. The minimum absolute atomic E-state index is 0.0288. The Labute approximate surface area is 210 Å². The number of para-hydroxylation sites is 1. The molecule has 0 radical (unpaired) electrons. The number of ether oxygens (including phenoxy) is 1. The van der Waals surface area contributed by atoms with Gasteiger partial charge in [0.2, 0.25) is 5.91 Å². The molecular weight excluding hydrogens is 456 g/mol. The fraction of sp³-hybridized carbons (Fsp3) is 0.393. The van der Waals surface area contributed by atoms with Gasteiger partial charge >= 0.3 is 6.09 Å². The van der Waals surface area contributed by atoms with Gasteiger partial charge in [-0.25, -0.2) is 4.79 Å². The second kappa shape index (κ2) is 9.68. The van der Waals surface area contributed by atoms with Crippen LogP contribution in [0.2, 0.25) is 0 Å². The molecule has 0 saturated carbocycles. The maximum absolute atomic E-state index is 13.5. The van der Waals surface area contributed by atoms with E-state index in [2.05, 4.69) is 28.9 Å². The lowest BCUT2D eigenvalue weighted by Crippen LogP contribution is -2.49. The van der Waals surface area contributed by atoms with E-state index in [1.807, 2.05) is 43.4 Å². The summed E-state index contributed by atoms with van der Waals surface area (Å²) in [4.78, 5) is 42.1. The van der Waals surface area contributed by atoms with Crippen LogP contribution in [0, 0.1) is 6.92 Å². The molecule has 188 valence electrons. The van der Waals surface area contributed by atoms with Gasteiger partial charge < -0.3 is 24.4 Å². The van der Waals surface area contributed by atoms with Gasteiger partial charge in [-0.05, 0) is 44.4 Å². The van der Waals surface area contributed by atoms with E-state index in [1.54, 1.807) is 16.7 Å². The molecule has 5 rings (SSSR count). The molecule has 3 amide bonds. The predicted molar refractivity (Wildman–Crippen MR) is 137 cm³/mol. The molecule has 0 spiro atoms. The molecule has 2 aliphatic rings. The van der Waals surface area contributed by atoms with Crippen molar-refractivity contribution in [2.45, 2.75) is 38.8 Å². The van der Waals surface area contributed by atoms with Gasteiger partial charge in [0.15, 0.2) is 0 Å². The van der Waals surface area contributed by atoms with Crippen LogP contribution in [0.3, 0.4) is 0 Å². The quantitative estimate of drug-likeness (QED) is 0.593. The van der Waals surface area contributed by atoms with Gasteiger partial charge in [-0.1, -0.05) is 36.4 Å². The smallest absolute Gasteiger partial charge is 0.409 e. The fourth-order valence-corrected chi connectivity index (χ4v) is 5.59. The van der Waals surface area contributed by atoms with Crippen molar-refractivity contribution < 1.29 is 19.1 Å². The summed E-state index contributed by atoms with van der Waals surface area (Å²) in [6.45, 7) is 5.25. The minimum Gasteiger partial charge on any atom is -0.450 e. The number of aryl methyl sites for hydroxylation is 1. The summed E-state index contributed by atoms with van der Waals surface area (Å²) in [5, 5.41) is 4.18. The topological polar surface area (TPSA) is 83.9 Å². The summed E-state index contributed by atoms with van der Waals surface area (Å²) in [6.07, 6.45) is 1.01. The number of hydrogen-bond acceptors (Lipinski definition) is 4. The number of nitrogens with one attached hydrogen (secondary N) is 1. The van der Waals surface area contributed by atoms with E-state index in [4.69, 9.17) is 4.74 Å². The monoisotopic (exact) mass is 488 g/mol. The van der Waals surface area contributed by atoms with Gasteiger partial charge in [0.25, 0.3) is 5.91 Å². The molecule has 2 aliphatic heterocycles. The summed E-state index contributed by atoms with van der Waals surface area (Å²) in [5.41, 5.74) is 4.80. The Bertz CT molecular complexity index is 1320. The van der Waals surface area contributed by atoms with E-state index in [9.17, 15) is 14.4 Å². The third-order valence-electron chi connectivity index (χ3n) is 7.48. The summed E-state index contributed by atoms with van der Waals surface area (Å²) in [6, 6.07) is 15.4. The number of carbonyl (C=O) groups is 3. The van der Waals surface area contributed by atoms with Crippen molar-refractivity contribution in [3.63, 3.8) is 0 Å². The standard InChI is InChI=1S/C28H32N4O4/c1-4-36-28(35)31-15-13-19(14-16-31)29-24(33)17-32-26(20-9-5-6-10-21(20)27(32)34)25-18(2)30(3)23-12-8-7-11-22(23)25/h5-12,19,26H,4,13-17H2,1-3H3,(H,29,33)/t26-/m1/s1. The number of carbonyl (C=O) groups excluding carboxylic acids is 3. The zero-order chi connectivity index (χ0) is 25.4. The first kappa shape index (κ1) is 23.9. The zero-order valence-electron chi connectivity index (χ0n) is 21.0. The number of hydrogen-bond donors (Lipinski definition) is 1. The largest absolute Gasteiger partial charge is 0.450 e. The molecule has 1 atom stereocenters. The van der Waals surface area contributed by atoms with Crippen LogP contribution in [0.15, 0.2) is 48.5 Å². The summed E-state index contributed by atoms with van der Waals surface area (Å²) in [5.74, 6) is -0.316. The number of benzene rings is 2. The van der Waals surface area contributed by atoms with Gasteiger partial charge in [0.1, 0.15) is 6.54 Å². The van der Waals surface area contributed by atoms with Crippen LogP contribution in [0.25, 0.3) is 10.9 Å². The first-order valence-corrected chi connectivity index (χ1v) is 12.6. The Kier molecular flexibility index (Phi) is 6.43. The predicted octanol–water partition coefficient (Wildman–Crippen LogP) is 3.77. The molecule has 1 aromatic heterocycles. The maximum atomic E-state index is 13.5. The van der Waals surface area contributed by atoms with Gasteiger partial charge in [0.05, 0.1) is 12.6 Å². The van der Waals surface area contributed by atoms with Crippen molar-refractivity contribution in [1.29, 1.82) is 0 Å². The van der Waals surface area contributed by atoms with E-state index in [-0.39, 0.29) is 36.5 Å². The number of likely N-dealkylation sites (tertiary alicyclic amines) is 1. The number of fused-ring (bicyclic) bond motifs is 2. The normalized spacial score (nSPS) is 18.0. The number of aromatic nitrogens is 1. The van der Waals surface area contributed by atoms with E-state index >= 15 is 0 Å². The van der Waals surface area contributed by atoms with E-state index in [1.165, 1.54) is 0 Å². The van der Waals surface area contributed by atoms with Crippen LogP contribution < -0.4 is 5.32 Å². The Morgan fingerprint density at radius 1 is 1.06 bits per heavy atom. The van der Waals surface area contributed by atoms with Crippen LogP contribution in [-0.4, -0.2) is 64.6 Å². The molecule has 1 saturated heterocycles. The Morgan fingerprint density at radius 3 is 2.50 bits per heavy atom. The second-order valence-corrected chi connectivity index (χ2v) is 9.53. The summed E-state index contributed by atoms with van der Waals surface area (Å²) < 4.78 is 7.22. The molecule has 8 heteroatoms. The average molecular weight is 489 g/mol. The minimum atomic E-state index is -0.337. The fourth-order valence-electron chi connectivity index (χ4n) is 5.59. The van der Waals surface area contributed by atoms with Crippen LogP contribution in [-0.2, 0) is 16.6 Å². The number of rotatable bonds is 5. The first-order chi connectivity index (χ1) is 17.4. The first-order valence-electron chi connectivity index (χ1n) is 12.6. The molecule has 3 heterocycles. The number of piperidine rings is 1.